The number of hydrogen-bond donors (Lipinski definition) is 1. The maximum absolute atomic E-state index is 13.3. The van der Waals surface area contributed by atoms with Crippen molar-refractivity contribution in [2.45, 2.75) is 79.6 Å². The number of nitrogens with zero attached hydrogens (tertiary/aromatic N) is 6. The minimum Gasteiger partial charge on any atom is -0.479 e. The van der Waals surface area contributed by atoms with Crippen molar-refractivity contribution in [3.05, 3.63) is 76.9 Å². The van der Waals surface area contributed by atoms with Gasteiger partial charge in [0.1, 0.15) is 5.82 Å². The van der Waals surface area contributed by atoms with Gasteiger partial charge in [0.15, 0.2) is 6.10 Å². The number of aromatic nitrogens is 5. The molecule has 0 bridgehead atoms. The highest BCUT2D eigenvalue weighted by Crippen LogP contribution is 2.45. The van der Waals surface area contributed by atoms with Crippen molar-refractivity contribution in [3.8, 4) is 22.5 Å². The first kappa shape index (κ1) is 31.3. The number of anilines is 1. The van der Waals surface area contributed by atoms with Crippen LogP contribution in [0.5, 0.6) is 0 Å². The van der Waals surface area contributed by atoms with E-state index in [9.17, 15) is 14.3 Å². The van der Waals surface area contributed by atoms with Crippen LogP contribution in [0.4, 0.5) is 10.1 Å². The second-order valence-corrected chi connectivity index (χ2v) is 13.4. The normalized spacial score (nSPS) is 15.8. The monoisotopic (exact) mass is 600 g/mol. The first-order valence-corrected chi connectivity index (χ1v) is 15.0. The Balaban J connectivity index is 1.55. The molecule has 2 aromatic carbocycles. The second kappa shape index (κ2) is 12.1. The van der Waals surface area contributed by atoms with Crippen molar-refractivity contribution in [3.63, 3.8) is 0 Å². The molecule has 1 N–H and O–H groups in total. The number of pyridine rings is 1. The van der Waals surface area contributed by atoms with Crippen LogP contribution < -0.4 is 4.90 Å². The van der Waals surface area contributed by atoms with Crippen LogP contribution in [0.15, 0.2) is 48.5 Å². The van der Waals surface area contributed by atoms with Gasteiger partial charge in [-0.2, -0.15) is 4.80 Å². The minimum absolute atomic E-state index is 0.213. The molecule has 0 spiro atoms. The lowest BCUT2D eigenvalue weighted by Gasteiger charge is -2.41. The molecule has 0 unspecified atom stereocenters. The summed E-state index contributed by atoms with van der Waals surface area (Å²) < 4.78 is 19.5. The number of aryl methyl sites for hydroxylation is 2. The van der Waals surface area contributed by atoms with E-state index in [1.807, 2.05) is 58.9 Å². The van der Waals surface area contributed by atoms with E-state index in [0.29, 0.717) is 23.6 Å². The molecule has 0 aliphatic carbocycles. The molecule has 1 fully saturated rings. The molecular formula is C34H41FN6O3. The molecule has 4 aromatic rings. The summed E-state index contributed by atoms with van der Waals surface area (Å²) in [6.07, 6.45) is 0.802. The predicted octanol–water partition coefficient (Wildman–Crippen LogP) is 6.77. The highest BCUT2D eigenvalue weighted by molar-refractivity contribution is 5.88. The van der Waals surface area contributed by atoms with E-state index in [-0.39, 0.29) is 11.2 Å². The van der Waals surface area contributed by atoms with E-state index in [2.05, 4.69) is 34.2 Å². The summed E-state index contributed by atoms with van der Waals surface area (Å²) >= 11 is 0. The molecule has 3 heterocycles. The highest BCUT2D eigenvalue weighted by Gasteiger charge is 2.36. The molecule has 1 atom stereocenters. The van der Waals surface area contributed by atoms with E-state index in [1.165, 1.54) is 16.9 Å². The largest absolute Gasteiger partial charge is 0.479 e. The fourth-order valence-corrected chi connectivity index (χ4v) is 5.72. The van der Waals surface area contributed by atoms with Crippen LogP contribution in [0.3, 0.4) is 0 Å². The maximum Gasteiger partial charge on any atom is 0.337 e. The fraction of sp³-hybridized carbons (Fsp3) is 0.441. The lowest BCUT2D eigenvalue weighted by atomic mass is 9.81. The number of tetrazole rings is 1. The summed E-state index contributed by atoms with van der Waals surface area (Å²) in [7, 11) is 0. The zero-order chi connectivity index (χ0) is 31.8. The number of hydrogen-bond acceptors (Lipinski definition) is 7. The van der Waals surface area contributed by atoms with Crippen molar-refractivity contribution in [1.82, 2.24) is 25.2 Å². The van der Waals surface area contributed by atoms with E-state index in [4.69, 9.17) is 9.72 Å². The van der Waals surface area contributed by atoms with Crippen molar-refractivity contribution < 1.29 is 19.0 Å². The van der Waals surface area contributed by atoms with E-state index < -0.39 is 17.7 Å². The third kappa shape index (κ3) is 6.96. The van der Waals surface area contributed by atoms with Crippen molar-refractivity contribution in [2.75, 3.05) is 18.0 Å². The molecule has 1 aliphatic rings. The zero-order valence-electron chi connectivity index (χ0n) is 26.6. The molecule has 0 amide bonds. The van der Waals surface area contributed by atoms with Crippen LogP contribution in [-0.2, 0) is 16.1 Å². The smallest absolute Gasteiger partial charge is 0.337 e. The molecule has 1 aliphatic heterocycles. The van der Waals surface area contributed by atoms with Crippen LogP contribution in [0.1, 0.15) is 76.1 Å². The lowest BCUT2D eigenvalue weighted by molar-refractivity contribution is -0.160. The maximum atomic E-state index is 13.3. The molecule has 1 saturated heterocycles. The summed E-state index contributed by atoms with van der Waals surface area (Å²) in [6, 6.07) is 14.1. The molecule has 0 radical (unpaired) electrons. The Bertz CT molecular complexity index is 1630. The Morgan fingerprint density at radius 2 is 1.61 bits per heavy atom. The van der Waals surface area contributed by atoms with Gasteiger partial charge in [0, 0.05) is 41.2 Å². The van der Waals surface area contributed by atoms with Gasteiger partial charge in [-0.3, -0.25) is 4.98 Å². The van der Waals surface area contributed by atoms with Gasteiger partial charge in [0.25, 0.3) is 0 Å². The van der Waals surface area contributed by atoms with Gasteiger partial charge in [-0.15, -0.1) is 10.2 Å². The number of halogens is 1. The molecule has 0 saturated carbocycles. The molecule has 9 nitrogen and oxygen atoms in total. The summed E-state index contributed by atoms with van der Waals surface area (Å²) in [6.45, 7) is 16.0. The minimum atomic E-state index is -1.17. The highest BCUT2D eigenvalue weighted by atomic mass is 19.1. The second-order valence-electron chi connectivity index (χ2n) is 13.4. The lowest BCUT2D eigenvalue weighted by Crippen LogP contribution is -2.39. The number of ether oxygens (including phenoxy) is 1. The van der Waals surface area contributed by atoms with Gasteiger partial charge in [0.05, 0.1) is 17.8 Å². The molecule has 2 aromatic heterocycles. The molecule has 44 heavy (non-hydrogen) atoms. The third-order valence-electron chi connectivity index (χ3n) is 8.09. The Morgan fingerprint density at radius 3 is 2.20 bits per heavy atom. The topological polar surface area (TPSA) is 106 Å². The van der Waals surface area contributed by atoms with Gasteiger partial charge < -0.3 is 14.7 Å². The van der Waals surface area contributed by atoms with Gasteiger partial charge in [-0.05, 0) is 81.3 Å². The average Bonchev–Trinajstić information content (AvgIpc) is 3.41. The van der Waals surface area contributed by atoms with E-state index in [1.54, 1.807) is 12.1 Å². The van der Waals surface area contributed by atoms with E-state index in [0.717, 1.165) is 59.6 Å². The van der Waals surface area contributed by atoms with Crippen molar-refractivity contribution in [1.29, 1.82) is 0 Å². The molecule has 232 valence electrons. The molecule has 10 heteroatoms. The molecule has 5 rings (SSSR count). The summed E-state index contributed by atoms with van der Waals surface area (Å²) in [5.74, 6) is -0.857. The van der Waals surface area contributed by atoms with Crippen molar-refractivity contribution in [2.24, 2.45) is 5.41 Å². The molecular weight excluding hydrogens is 559 g/mol. The average molecular weight is 601 g/mol. The first-order valence-electron chi connectivity index (χ1n) is 15.0. The van der Waals surface area contributed by atoms with Crippen molar-refractivity contribution >= 4 is 11.7 Å². The SMILES string of the molecule is Cc1nc(C)c([C@H](OC(C)(C)C)C(=O)O)c(N2CCC(C)(C)CC2)c1-c1ccc(-c2nnn(Cc3ccc(F)cc3)n2)cc1. The van der Waals surface area contributed by atoms with E-state index >= 15 is 0 Å². The van der Waals surface area contributed by atoms with Crippen LogP contribution >= 0.6 is 0 Å². The summed E-state index contributed by atoms with van der Waals surface area (Å²) in [5, 5.41) is 23.3. The Labute approximate surface area is 258 Å². The predicted molar refractivity (Wildman–Crippen MR) is 168 cm³/mol. The number of rotatable bonds is 8. The van der Waals surface area contributed by atoms with Gasteiger partial charge in [-0.1, -0.05) is 50.2 Å². The number of carboxylic acid groups (broad SMARTS) is 1. The van der Waals surface area contributed by atoms with Gasteiger partial charge >= 0.3 is 5.97 Å². The zero-order valence-corrected chi connectivity index (χ0v) is 26.6. The first-order chi connectivity index (χ1) is 20.7. The number of aliphatic carboxylic acids is 1. The van der Waals surface area contributed by atoms with Crippen LogP contribution in [0.25, 0.3) is 22.5 Å². The summed E-state index contributed by atoms with van der Waals surface area (Å²) in [4.78, 5) is 21.4. The third-order valence-corrected chi connectivity index (χ3v) is 8.09. The standard InChI is InChI=1S/C34H41FN6O3/c1-21-27(24-10-12-25(13-11-24)31-37-39-41(38-31)20-23-8-14-26(35)15-9-23)29(40-18-16-34(6,7)17-19-40)28(22(2)36-21)30(32(42)43)44-33(3,4)5/h8-15,30H,16-20H2,1-7H3,(H,42,43)/t30-/m0/s1. The Morgan fingerprint density at radius 1 is 1.00 bits per heavy atom. The van der Waals surface area contributed by atoms with Gasteiger partial charge in [-0.25, -0.2) is 9.18 Å². The van der Waals surface area contributed by atoms with Crippen LogP contribution in [0.2, 0.25) is 0 Å². The number of carbonyl (C=O) groups is 1. The Hall–Kier alpha value is -4.18. The summed E-state index contributed by atoms with van der Waals surface area (Å²) in [5.41, 5.74) is 5.95. The van der Waals surface area contributed by atoms with Crippen LogP contribution in [0, 0.1) is 25.1 Å². The van der Waals surface area contributed by atoms with Crippen LogP contribution in [-0.4, -0.2) is 55.0 Å². The number of benzene rings is 2. The Kier molecular flexibility index (Phi) is 8.57. The number of carboxylic acids is 1. The number of piperidine rings is 1. The quantitative estimate of drug-likeness (QED) is 0.236. The van der Waals surface area contributed by atoms with Gasteiger partial charge in [0.2, 0.25) is 5.82 Å². The fourth-order valence-electron chi connectivity index (χ4n) is 5.72.